The zero-order valence-electron chi connectivity index (χ0n) is 13.2. The van der Waals surface area contributed by atoms with Crippen LogP contribution in [0, 0.1) is 0 Å². The lowest BCUT2D eigenvalue weighted by Crippen LogP contribution is -2.14. The Morgan fingerprint density at radius 2 is 2.00 bits per heavy atom. The average Bonchev–Trinajstić information content (AvgIpc) is 2.56. The van der Waals surface area contributed by atoms with Crippen molar-refractivity contribution in [1.82, 2.24) is 4.98 Å². The van der Waals surface area contributed by atoms with Gasteiger partial charge in [-0.25, -0.2) is 4.98 Å². The van der Waals surface area contributed by atoms with Crippen molar-refractivity contribution in [1.29, 1.82) is 0 Å². The van der Waals surface area contributed by atoms with Crippen LogP contribution in [0.15, 0.2) is 47.5 Å². The smallest absolute Gasteiger partial charge is 0.235 e. The average molecular weight is 364 g/mol. The molecular weight excluding hydrogens is 346 g/mol. The molecule has 1 aromatic heterocycles. The van der Waals surface area contributed by atoms with Crippen molar-refractivity contribution in [2.75, 3.05) is 16.4 Å². The highest BCUT2D eigenvalue weighted by atomic mass is 35.5. The first-order valence-corrected chi connectivity index (χ1v) is 8.87. The number of aromatic nitrogens is 1. The zero-order valence-corrected chi connectivity index (χ0v) is 14.8. The summed E-state index contributed by atoms with van der Waals surface area (Å²) in [6, 6.07) is 10.7. The van der Waals surface area contributed by atoms with E-state index in [1.807, 2.05) is 31.2 Å². The lowest BCUT2D eigenvalue weighted by molar-refractivity contribution is -0.116. The molecule has 0 bridgehead atoms. The Morgan fingerprint density at radius 3 is 2.71 bits per heavy atom. The SMILES string of the molecule is CCCC(=O)Nc1cccc(SCC(=O)Nc2ccc(Cl)cn2)c1. The van der Waals surface area contributed by atoms with Crippen molar-refractivity contribution in [2.45, 2.75) is 24.7 Å². The normalized spacial score (nSPS) is 10.2. The number of carbonyl (C=O) groups is 2. The maximum absolute atomic E-state index is 11.9. The predicted octanol–water partition coefficient (Wildman–Crippen LogP) is 4.20. The number of rotatable bonds is 7. The first-order chi connectivity index (χ1) is 11.6. The van der Waals surface area contributed by atoms with Crippen LogP contribution in [0.1, 0.15) is 19.8 Å². The summed E-state index contributed by atoms with van der Waals surface area (Å²) in [6.07, 6.45) is 2.78. The summed E-state index contributed by atoms with van der Waals surface area (Å²) in [6.45, 7) is 1.96. The van der Waals surface area contributed by atoms with E-state index in [4.69, 9.17) is 11.6 Å². The molecule has 0 spiro atoms. The largest absolute Gasteiger partial charge is 0.326 e. The summed E-state index contributed by atoms with van der Waals surface area (Å²) in [5, 5.41) is 6.06. The van der Waals surface area contributed by atoms with Crippen LogP contribution < -0.4 is 10.6 Å². The zero-order chi connectivity index (χ0) is 17.4. The molecule has 126 valence electrons. The van der Waals surface area contributed by atoms with Crippen LogP contribution in [0.3, 0.4) is 0 Å². The van der Waals surface area contributed by atoms with Gasteiger partial charge in [0.1, 0.15) is 5.82 Å². The van der Waals surface area contributed by atoms with Crippen molar-refractivity contribution >= 4 is 46.7 Å². The van der Waals surface area contributed by atoms with Gasteiger partial charge in [-0.3, -0.25) is 9.59 Å². The van der Waals surface area contributed by atoms with Crippen molar-refractivity contribution in [3.63, 3.8) is 0 Å². The van der Waals surface area contributed by atoms with Crippen LogP contribution in [0.5, 0.6) is 0 Å². The Kier molecular flexibility index (Phi) is 7.08. The minimum Gasteiger partial charge on any atom is -0.326 e. The Balaban J connectivity index is 1.86. The number of nitrogens with one attached hydrogen (secondary N) is 2. The maximum Gasteiger partial charge on any atom is 0.235 e. The molecular formula is C17H18ClN3O2S. The van der Waals surface area contributed by atoms with Gasteiger partial charge >= 0.3 is 0 Å². The van der Waals surface area contributed by atoms with Crippen LogP contribution in [0.25, 0.3) is 0 Å². The number of pyridine rings is 1. The highest BCUT2D eigenvalue weighted by Crippen LogP contribution is 2.22. The molecule has 0 saturated heterocycles. The minimum atomic E-state index is -0.157. The van der Waals surface area contributed by atoms with Gasteiger partial charge in [-0.15, -0.1) is 11.8 Å². The van der Waals surface area contributed by atoms with Gasteiger partial charge in [0.05, 0.1) is 10.8 Å². The Labute approximate surface area is 150 Å². The summed E-state index contributed by atoms with van der Waals surface area (Å²) in [7, 11) is 0. The van der Waals surface area contributed by atoms with Crippen molar-refractivity contribution < 1.29 is 9.59 Å². The summed E-state index contributed by atoms with van der Waals surface area (Å²) < 4.78 is 0. The standard InChI is InChI=1S/C17H18ClN3O2S/c1-2-4-16(22)20-13-5-3-6-14(9-13)24-11-17(23)21-15-8-7-12(18)10-19-15/h3,5-10H,2,4,11H2,1H3,(H,20,22)(H,19,21,23). The number of anilines is 2. The first-order valence-electron chi connectivity index (χ1n) is 7.51. The number of hydrogen-bond acceptors (Lipinski definition) is 4. The summed E-state index contributed by atoms with van der Waals surface area (Å²) >= 11 is 7.14. The Morgan fingerprint density at radius 1 is 1.17 bits per heavy atom. The van der Waals surface area contributed by atoms with Gasteiger partial charge in [0.15, 0.2) is 0 Å². The van der Waals surface area contributed by atoms with E-state index >= 15 is 0 Å². The number of benzene rings is 1. The Hall–Kier alpha value is -2.05. The lowest BCUT2D eigenvalue weighted by atomic mass is 10.3. The van der Waals surface area contributed by atoms with Gasteiger partial charge in [0, 0.05) is 23.2 Å². The molecule has 0 aliphatic heterocycles. The third kappa shape index (κ3) is 6.22. The number of carbonyl (C=O) groups excluding carboxylic acids is 2. The van der Waals surface area contributed by atoms with E-state index in [1.165, 1.54) is 18.0 Å². The molecule has 2 aromatic rings. The molecule has 0 fully saturated rings. The molecule has 0 aliphatic carbocycles. The topological polar surface area (TPSA) is 71.1 Å². The van der Waals surface area contributed by atoms with E-state index in [0.29, 0.717) is 17.3 Å². The number of halogens is 1. The second-order valence-electron chi connectivity index (χ2n) is 5.02. The summed E-state index contributed by atoms with van der Waals surface area (Å²) in [5.74, 6) is 0.545. The van der Waals surface area contributed by atoms with Gasteiger partial charge in [-0.2, -0.15) is 0 Å². The number of nitrogens with zero attached hydrogens (tertiary/aromatic N) is 1. The quantitative estimate of drug-likeness (QED) is 0.723. The van der Waals surface area contributed by atoms with Crippen LogP contribution in [0.2, 0.25) is 5.02 Å². The third-order valence-electron chi connectivity index (χ3n) is 2.96. The Bertz CT molecular complexity index is 707. The maximum atomic E-state index is 11.9. The number of hydrogen-bond donors (Lipinski definition) is 2. The molecule has 2 amide bonds. The third-order valence-corrected chi connectivity index (χ3v) is 4.18. The van der Waals surface area contributed by atoms with E-state index in [1.54, 1.807) is 12.1 Å². The van der Waals surface area contributed by atoms with Crippen molar-refractivity contribution in [3.05, 3.63) is 47.6 Å². The fourth-order valence-corrected chi connectivity index (χ4v) is 2.76. The lowest BCUT2D eigenvalue weighted by Gasteiger charge is -2.07. The number of thioether (sulfide) groups is 1. The minimum absolute atomic E-state index is 0.00814. The van der Waals surface area contributed by atoms with E-state index in [9.17, 15) is 9.59 Å². The molecule has 24 heavy (non-hydrogen) atoms. The second kappa shape index (κ2) is 9.30. The number of amides is 2. The van der Waals surface area contributed by atoms with Crippen molar-refractivity contribution in [2.24, 2.45) is 0 Å². The van der Waals surface area contributed by atoms with Crippen LogP contribution >= 0.6 is 23.4 Å². The molecule has 2 rings (SSSR count). The van der Waals surface area contributed by atoms with E-state index in [-0.39, 0.29) is 17.6 Å². The van der Waals surface area contributed by atoms with Crippen molar-refractivity contribution in [3.8, 4) is 0 Å². The fraction of sp³-hybridized carbons (Fsp3) is 0.235. The molecule has 2 N–H and O–H groups in total. The van der Waals surface area contributed by atoms with E-state index in [0.717, 1.165) is 17.0 Å². The predicted molar refractivity (Wildman–Crippen MR) is 98.6 cm³/mol. The molecule has 7 heteroatoms. The molecule has 0 unspecified atom stereocenters. The van der Waals surface area contributed by atoms with E-state index < -0.39 is 0 Å². The highest BCUT2D eigenvalue weighted by Gasteiger charge is 2.06. The molecule has 0 aliphatic rings. The summed E-state index contributed by atoms with van der Waals surface area (Å²) in [5.41, 5.74) is 0.734. The second-order valence-corrected chi connectivity index (χ2v) is 6.51. The highest BCUT2D eigenvalue weighted by molar-refractivity contribution is 8.00. The molecule has 0 radical (unpaired) electrons. The van der Waals surface area contributed by atoms with Crippen LogP contribution in [-0.2, 0) is 9.59 Å². The molecule has 1 heterocycles. The van der Waals surface area contributed by atoms with Gasteiger partial charge in [0.2, 0.25) is 11.8 Å². The van der Waals surface area contributed by atoms with Gasteiger partial charge < -0.3 is 10.6 Å². The van der Waals surface area contributed by atoms with E-state index in [2.05, 4.69) is 15.6 Å². The van der Waals surface area contributed by atoms with Crippen LogP contribution in [0.4, 0.5) is 11.5 Å². The van der Waals surface area contributed by atoms with Gasteiger partial charge in [0.25, 0.3) is 0 Å². The molecule has 1 aromatic carbocycles. The van der Waals surface area contributed by atoms with Gasteiger partial charge in [-0.05, 0) is 36.8 Å². The first kappa shape index (κ1) is 18.3. The van der Waals surface area contributed by atoms with Crippen LogP contribution in [-0.4, -0.2) is 22.6 Å². The monoisotopic (exact) mass is 363 g/mol. The molecule has 5 nitrogen and oxygen atoms in total. The molecule has 0 saturated carbocycles. The van der Waals surface area contributed by atoms with Gasteiger partial charge in [-0.1, -0.05) is 24.6 Å². The summed E-state index contributed by atoms with van der Waals surface area (Å²) in [4.78, 5) is 28.5. The molecule has 0 atom stereocenters. The fourth-order valence-electron chi connectivity index (χ4n) is 1.89.